The van der Waals surface area contributed by atoms with Crippen LogP contribution in [0.2, 0.25) is 0 Å². The molecule has 1 aliphatic rings. The number of carbonyl (C=O) groups is 7. The average Bonchev–Trinajstić information content (AvgIpc) is 3.74. The minimum atomic E-state index is -1.38. The number of aliphatic hydroxyl groups is 1. The number of nitrogens with one attached hydrogen (secondary N) is 6. The fourth-order valence-electron chi connectivity index (χ4n) is 5.67. The third-order valence-electron chi connectivity index (χ3n) is 8.53. The maximum atomic E-state index is 14.0. The van der Waals surface area contributed by atoms with Crippen LogP contribution in [0.3, 0.4) is 0 Å². The molecule has 7 amide bonds. The van der Waals surface area contributed by atoms with Crippen LogP contribution in [-0.4, -0.2) is 125 Å². The molecule has 1 aliphatic heterocycles. The average molecular weight is 810 g/mol. The predicted molar refractivity (Wildman–Crippen MR) is 205 cm³/mol. The highest BCUT2D eigenvalue weighted by molar-refractivity contribution is 7.80. The number of carbonyl (C=O) groups excluding carboxylic acids is 7. The molecule has 1 aromatic carbocycles. The number of β-amino-alcohol motifs (C(OH)–C–C–N with tert-alkyl or cyclic N) is 1. The Balaban J connectivity index is 1.86. The molecule has 1 fully saturated rings. The van der Waals surface area contributed by atoms with Gasteiger partial charge in [-0.05, 0) is 30.5 Å². The minimum Gasteiger partial charge on any atom is -0.391 e. The van der Waals surface area contributed by atoms with Crippen molar-refractivity contribution in [3.63, 3.8) is 0 Å². The zero-order chi connectivity index (χ0) is 40.3. The van der Waals surface area contributed by atoms with E-state index in [-0.39, 0.29) is 25.3 Å². The summed E-state index contributed by atoms with van der Waals surface area (Å²) in [6.07, 6.45) is -1.21. The number of hydrogen-bond acceptors (Lipinski definition) is 12. The molecular weight excluding hydrogens is 762 g/mol. The Morgan fingerprint density at radius 3 is 2.22 bits per heavy atom. The van der Waals surface area contributed by atoms with Crippen LogP contribution in [0.15, 0.2) is 29.8 Å². The van der Waals surface area contributed by atoms with E-state index < -0.39 is 95.5 Å². The maximum Gasteiger partial charge on any atom is 0.247 e. The second-order valence-corrected chi connectivity index (χ2v) is 15.3. The van der Waals surface area contributed by atoms with Gasteiger partial charge in [0.2, 0.25) is 41.4 Å². The van der Waals surface area contributed by atoms with E-state index in [0.717, 1.165) is 16.1 Å². The number of hydrogen-bond donors (Lipinski definition) is 9. The van der Waals surface area contributed by atoms with Gasteiger partial charge in [-0.3, -0.25) is 33.6 Å². The molecule has 6 atom stereocenters. The molecule has 0 bridgehead atoms. The van der Waals surface area contributed by atoms with E-state index in [1.54, 1.807) is 57.6 Å². The molecular formula is C34H48ClN9O8S2. The molecule has 9 N–H and O–H groups in total. The second kappa shape index (κ2) is 19.9. The fourth-order valence-corrected chi connectivity index (χ4v) is 6.83. The molecule has 2 aromatic rings. The highest BCUT2D eigenvalue weighted by atomic mass is 35.5. The summed E-state index contributed by atoms with van der Waals surface area (Å²) in [6.45, 7) is 6.21. The summed E-state index contributed by atoms with van der Waals surface area (Å²) in [4.78, 5) is 97.5. The molecule has 296 valence electrons. The van der Waals surface area contributed by atoms with Crippen LogP contribution in [-0.2, 0) is 33.6 Å². The largest absolute Gasteiger partial charge is 0.391 e. The van der Waals surface area contributed by atoms with E-state index in [1.807, 2.05) is 6.92 Å². The van der Waals surface area contributed by atoms with Crippen LogP contribution in [0.25, 0.3) is 10.4 Å². The van der Waals surface area contributed by atoms with Gasteiger partial charge in [-0.1, -0.05) is 45.0 Å². The first-order valence-corrected chi connectivity index (χ1v) is 19.0. The lowest BCUT2D eigenvalue weighted by atomic mass is 9.85. The van der Waals surface area contributed by atoms with Crippen LogP contribution >= 0.6 is 35.6 Å². The topological polar surface area (TPSA) is 254 Å². The van der Waals surface area contributed by atoms with Crippen molar-refractivity contribution >= 4 is 76.9 Å². The second-order valence-electron chi connectivity index (χ2n) is 13.8. The van der Waals surface area contributed by atoms with E-state index in [9.17, 15) is 38.7 Å². The van der Waals surface area contributed by atoms with E-state index >= 15 is 0 Å². The smallest absolute Gasteiger partial charge is 0.247 e. The third kappa shape index (κ3) is 11.8. The van der Waals surface area contributed by atoms with Gasteiger partial charge in [0.15, 0.2) is 0 Å². The number of aryl methyl sites for hydroxylation is 1. The fraction of sp³-hybridized carbons (Fsp3) is 0.529. The summed E-state index contributed by atoms with van der Waals surface area (Å²) >= 11 is 11.1. The van der Waals surface area contributed by atoms with Crippen molar-refractivity contribution in [2.75, 3.05) is 38.3 Å². The summed E-state index contributed by atoms with van der Waals surface area (Å²) in [5.74, 6) is -5.50. The normalized spacial score (nSPS) is 17.7. The monoisotopic (exact) mass is 809 g/mol. The number of alkyl halides is 1. The summed E-state index contributed by atoms with van der Waals surface area (Å²) in [5, 5.41) is 26.0. The number of rotatable bonds is 17. The molecule has 1 aromatic heterocycles. The molecule has 1 saturated heterocycles. The van der Waals surface area contributed by atoms with Crippen molar-refractivity contribution in [2.45, 2.75) is 70.4 Å². The van der Waals surface area contributed by atoms with Gasteiger partial charge in [-0.15, -0.1) is 22.9 Å². The van der Waals surface area contributed by atoms with Crippen molar-refractivity contribution < 1.29 is 38.7 Å². The summed E-state index contributed by atoms with van der Waals surface area (Å²) in [5.41, 5.74) is 8.16. The quantitative estimate of drug-likeness (QED) is 0.0677. The Morgan fingerprint density at radius 2 is 1.69 bits per heavy atom. The number of likely N-dealkylation sites (N-methyl/N-ethyl adjacent to an activating group) is 1. The first-order valence-electron chi connectivity index (χ1n) is 17.0. The highest BCUT2D eigenvalue weighted by Crippen LogP contribution is 2.30. The number of halogens is 1. The van der Waals surface area contributed by atoms with Gasteiger partial charge in [0.25, 0.3) is 0 Å². The van der Waals surface area contributed by atoms with Crippen molar-refractivity contribution in [1.82, 2.24) is 41.8 Å². The zero-order valence-corrected chi connectivity index (χ0v) is 33.1. The third-order valence-corrected chi connectivity index (χ3v) is 10.1. The standard InChI is InChI=1S/C34H48ClN9O8S2/c1-17-27(54-16-39-17)19-8-6-18(7-9-19)26(32(51)38-13-25(47)40-21(12-37-5)30(49)41-22(15-53)29(36)48)43-31(50)23-10-20(45)14-44(23)33(52)28(34(2,3)4)42-24(46)11-35/h6-9,16,20-23,26,28,37,45,53H,10-15H2,1-5H3,(H2,36,48)(H,38,51)(H,40,47)(H,41,49)(H,42,46)(H,43,50). The molecule has 20 heteroatoms. The van der Waals surface area contributed by atoms with Crippen LogP contribution in [0.1, 0.15) is 44.5 Å². The van der Waals surface area contributed by atoms with Crippen molar-refractivity contribution in [1.29, 1.82) is 0 Å². The molecule has 17 nitrogen and oxygen atoms in total. The zero-order valence-electron chi connectivity index (χ0n) is 30.6. The summed E-state index contributed by atoms with van der Waals surface area (Å²) in [6, 6.07) is 0.856. The molecule has 2 heterocycles. The van der Waals surface area contributed by atoms with Gasteiger partial charge in [-0.2, -0.15) is 12.6 Å². The Hall–Kier alpha value is -4.30. The molecule has 6 unspecified atom stereocenters. The number of thiol groups is 1. The maximum absolute atomic E-state index is 14.0. The van der Waals surface area contributed by atoms with Crippen LogP contribution < -0.4 is 37.6 Å². The SMILES string of the molecule is CNCC(NC(=O)CNC(=O)C(NC(=O)C1CC(O)CN1C(=O)C(NC(=O)CCl)C(C)(C)C)c1ccc(-c2scnc2C)cc1)C(=O)NC(CS)C(N)=O. The number of amides is 7. The van der Waals surface area contributed by atoms with Crippen molar-refractivity contribution in [3.05, 3.63) is 41.0 Å². The number of nitrogens with zero attached hydrogens (tertiary/aromatic N) is 2. The number of aliphatic hydroxyl groups excluding tert-OH is 1. The Morgan fingerprint density at radius 1 is 1.02 bits per heavy atom. The predicted octanol–water partition coefficient (Wildman–Crippen LogP) is -1.27. The number of nitrogens with two attached hydrogens (primary N) is 1. The van der Waals surface area contributed by atoms with Crippen LogP contribution in [0.4, 0.5) is 0 Å². The van der Waals surface area contributed by atoms with E-state index in [0.29, 0.717) is 5.56 Å². The lowest BCUT2D eigenvalue weighted by molar-refractivity contribution is -0.144. The lowest BCUT2D eigenvalue weighted by Crippen LogP contribution is -2.58. The van der Waals surface area contributed by atoms with Crippen molar-refractivity contribution in [2.24, 2.45) is 11.1 Å². The lowest BCUT2D eigenvalue weighted by Gasteiger charge is -2.35. The first kappa shape index (κ1) is 44.1. The Bertz CT molecular complexity index is 1690. The number of likely N-dealkylation sites (tertiary alicyclic amines) is 1. The minimum absolute atomic E-state index is 0.0259. The van der Waals surface area contributed by atoms with E-state index in [2.05, 4.69) is 49.5 Å². The van der Waals surface area contributed by atoms with E-state index in [4.69, 9.17) is 17.3 Å². The van der Waals surface area contributed by atoms with Crippen molar-refractivity contribution in [3.8, 4) is 10.4 Å². The molecule has 0 radical (unpaired) electrons. The molecule has 0 saturated carbocycles. The van der Waals surface area contributed by atoms with Gasteiger partial charge < -0.3 is 47.6 Å². The van der Waals surface area contributed by atoms with Gasteiger partial charge in [-0.25, -0.2) is 4.98 Å². The van der Waals surface area contributed by atoms with E-state index in [1.165, 1.54) is 16.2 Å². The highest BCUT2D eigenvalue weighted by Gasteiger charge is 2.45. The Kier molecular flexibility index (Phi) is 16.2. The summed E-state index contributed by atoms with van der Waals surface area (Å²) in [7, 11) is 1.55. The van der Waals surface area contributed by atoms with Gasteiger partial charge in [0.1, 0.15) is 36.1 Å². The number of thiazole rings is 1. The van der Waals surface area contributed by atoms with Gasteiger partial charge in [0.05, 0.1) is 28.7 Å². The van der Waals surface area contributed by atoms with Gasteiger partial charge >= 0.3 is 0 Å². The summed E-state index contributed by atoms with van der Waals surface area (Å²) < 4.78 is 0. The van der Waals surface area contributed by atoms with Gasteiger partial charge in [0, 0.05) is 25.3 Å². The molecule has 3 rings (SSSR count). The molecule has 0 aliphatic carbocycles. The van der Waals surface area contributed by atoms with Crippen LogP contribution in [0, 0.1) is 12.3 Å². The molecule has 0 spiro atoms. The van der Waals surface area contributed by atoms with Crippen LogP contribution in [0.5, 0.6) is 0 Å². The first-order chi connectivity index (χ1) is 25.4. The Labute approximate surface area is 327 Å². The molecule has 54 heavy (non-hydrogen) atoms. The number of benzene rings is 1. The number of primary amides is 1. The number of aromatic nitrogens is 1.